The number of aryl methyl sites for hydroxylation is 1. The third-order valence-electron chi connectivity index (χ3n) is 4.82. The van der Waals surface area contributed by atoms with E-state index in [-0.39, 0.29) is 23.1 Å². The number of ether oxygens (including phenoxy) is 1. The van der Waals surface area contributed by atoms with Crippen LogP contribution >= 0.6 is 0 Å². The maximum absolute atomic E-state index is 13.1. The molecular formula is C24H23NO6. The lowest BCUT2D eigenvalue weighted by molar-refractivity contribution is 0.0914. The molecule has 0 spiro atoms. The van der Waals surface area contributed by atoms with Crippen molar-refractivity contribution in [1.82, 2.24) is 0 Å². The Morgan fingerprint density at radius 1 is 1.03 bits per heavy atom. The largest absolute Gasteiger partial charge is 0.507 e. The summed E-state index contributed by atoms with van der Waals surface area (Å²) in [7, 11) is 0. The van der Waals surface area contributed by atoms with Crippen LogP contribution in [0.15, 0.2) is 59.7 Å². The van der Waals surface area contributed by atoms with Gasteiger partial charge in [-0.15, -0.1) is 0 Å². The van der Waals surface area contributed by atoms with Gasteiger partial charge in [0, 0.05) is 17.7 Å². The molecule has 3 rings (SSSR count). The van der Waals surface area contributed by atoms with Crippen LogP contribution in [0, 0.1) is 6.92 Å². The zero-order valence-electron chi connectivity index (χ0n) is 17.4. The van der Waals surface area contributed by atoms with Crippen LogP contribution in [0.2, 0.25) is 0 Å². The molecule has 0 bridgehead atoms. The molecule has 0 aliphatic heterocycles. The van der Waals surface area contributed by atoms with E-state index in [2.05, 4.69) is 5.32 Å². The Morgan fingerprint density at radius 2 is 1.65 bits per heavy atom. The molecular weight excluding hydrogens is 398 g/mol. The number of carbonyl (C=O) groups excluding carboxylic acids is 3. The molecule has 1 aliphatic carbocycles. The predicted molar refractivity (Wildman–Crippen MR) is 116 cm³/mol. The van der Waals surface area contributed by atoms with Gasteiger partial charge >= 0.3 is 6.09 Å². The van der Waals surface area contributed by atoms with Crippen molar-refractivity contribution in [3.05, 3.63) is 76.4 Å². The molecule has 0 radical (unpaired) electrons. The number of nitrogens with one attached hydrogen (secondary N) is 1. The quantitative estimate of drug-likeness (QED) is 0.477. The smallest absolute Gasteiger partial charge is 0.412 e. The van der Waals surface area contributed by atoms with E-state index in [1.807, 2.05) is 32.9 Å². The summed E-state index contributed by atoms with van der Waals surface area (Å²) >= 11 is 0. The Labute approximate surface area is 179 Å². The first-order chi connectivity index (χ1) is 14.7. The van der Waals surface area contributed by atoms with Gasteiger partial charge in [0.05, 0.1) is 11.1 Å². The van der Waals surface area contributed by atoms with E-state index in [9.17, 15) is 24.6 Å². The zero-order chi connectivity index (χ0) is 22.7. The fourth-order valence-electron chi connectivity index (χ4n) is 3.22. The summed E-state index contributed by atoms with van der Waals surface area (Å²) in [6, 6.07) is 9.37. The molecule has 7 heteroatoms. The number of anilines is 1. The van der Waals surface area contributed by atoms with Gasteiger partial charge < -0.3 is 14.9 Å². The van der Waals surface area contributed by atoms with Crippen LogP contribution in [-0.2, 0) is 4.74 Å². The van der Waals surface area contributed by atoms with Gasteiger partial charge in [-0.1, -0.05) is 29.3 Å². The minimum absolute atomic E-state index is 0.0741. The number of carbonyl (C=O) groups is 3. The van der Waals surface area contributed by atoms with E-state index < -0.39 is 35.3 Å². The average molecular weight is 421 g/mol. The number of benzene rings is 2. The van der Waals surface area contributed by atoms with Gasteiger partial charge in [-0.05, 0) is 51.1 Å². The molecule has 2 aromatic carbocycles. The van der Waals surface area contributed by atoms with E-state index in [4.69, 9.17) is 4.74 Å². The van der Waals surface area contributed by atoms with Gasteiger partial charge in [0.15, 0.2) is 11.6 Å². The van der Waals surface area contributed by atoms with E-state index in [0.29, 0.717) is 5.69 Å². The van der Waals surface area contributed by atoms with E-state index in [0.717, 1.165) is 29.3 Å². The number of phenols is 2. The number of phenolic OH excluding ortho intramolecular Hbond substituents is 2. The topological polar surface area (TPSA) is 113 Å². The van der Waals surface area contributed by atoms with E-state index in [1.54, 1.807) is 18.2 Å². The third kappa shape index (κ3) is 4.83. The normalized spacial score (nSPS) is 13.7. The molecule has 1 aliphatic rings. The van der Waals surface area contributed by atoms with E-state index in [1.165, 1.54) is 0 Å². The van der Waals surface area contributed by atoms with Gasteiger partial charge in [0.1, 0.15) is 17.6 Å². The monoisotopic (exact) mass is 421 g/mol. The lowest BCUT2D eigenvalue weighted by Crippen LogP contribution is -2.30. The first-order valence-electron chi connectivity index (χ1n) is 9.70. The molecule has 1 atom stereocenters. The third-order valence-corrected chi connectivity index (χ3v) is 4.82. The van der Waals surface area contributed by atoms with Crippen molar-refractivity contribution in [3.63, 3.8) is 0 Å². The summed E-state index contributed by atoms with van der Waals surface area (Å²) in [5, 5.41) is 22.7. The lowest BCUT2D eigenvalue weighted by Gasteiger charge is -2.23. The van der Waals surface area contributed by atoms with Crippen LogP contribution in [0.3, 0.4) is 0 Å². The molecule has 0 saturated heterocycles. The minimum Gasteiger partial charge on any atom is -0.507 e. The number of allylic oxidation sites excluding steroid dienone is 2. The highest BCUT2D eigenvalue weighted by Crippen LogP contribution is 2.36. The fraction of sp³-hybridized carbons (Fsp3) is 0.208. The molecule has 3 N–H and O–H groups in total. The summed E-state index contributed by atoms with van der Waals surface area (Å²) in [6.07, 6.45) is 1.13. The molecule has 0 aromatic heterocycles. The van der Waals surface area contributed by atoms with Crippen molar-refractivity contribution in [2.45, 2.75) is 33.3 Å². The number of amides is 1. The van der Waals surface area contributed by atoms with Crippen LogP contribution < -0.4 is 5.32 Å². The van der Waals surface area contributed by atoms with Crippen molar-refractivity contribution in [1.29, 1.82) is 0 Å². The SMILES string of the molecule is CC(C)=CC[C@@H](OC(=O)Nc1ccc(C)cc1)C1=CC(=O)c2c(O)ccc(O)c2C1=O. The standard InChI is InChI=1S/C24H23NO6/c1-13(2)4-11-20(31-24(30)25-15-7-5-14(3)6-8-15)16-12-19(28)21-17(26)9-10-18(27)22(21)23(16)29/h4-10,12,20,26-27H,11H2,1-3H3,(H,25,30)/t20-/m1/s1. The number of rotatable bonds is 5. The van der Waals surface area contributed by atoms with E-state index >= 15 is 0 Å². The molecule has 1 amide bonds. The van der Waals surface area contributed by atoms with Crippen LogP contribution in [-0.4, -0.2) is 34.0 Å². The summed E-state index contributed by atoms with van der Waals surface area (Å²) in [5.74, 6) is -2.16. The molecule has 0 heterocycles. The Bertz CT molecular complexity index is 1110. The van der Waals surface area contributed by atoms with Gasteiger partial charge in [0.2, 0.25) is 0 Å². The number of hydrogen-bond acceptors (Lipinski definition) is 6. The number of fused-ring (bicyclic) bond motifs is 1. The number of aromatic hydroxyl groups is 2. The van der Waals surface area contributed by atoms with Crippen molar-refractivity contribution in [3.8, 4) is 11.5 Å². The van der Waals surface area contributed by atoms with Crippen molar-refractivity contribution in [2.75, 3.05) is 5.32 Å². The summed E-state index contributed by atoms with van der Waals surface area (Å²) in [4.78, 5) is 38.2. The maximum Gasteiger partial charge on any atom is 0.412 e. The summed E-state index contributed by atoms with van der Waals surface area (Å²) < 4.78 is 5.50. The second-order valence-corrected chi connectivity index (χ2v) is 7.55. The van der Waals surface area contributed by atoms with Crippen molar-refractivity contribution < 1.29 is 29.3 Å². The second kappa shape index (κ2) is 8.87. The van der Waals surface area contributed by atoms with Crippen molar-refractivity contribution >= 4 is 23.3 Å². The molecule has 0 fully saturated rings. The summed E-state index contributed by atoms with van der Waals surface area (Å²) in [6.45, 7) is 5.62. The zero-order valence-corrected chi connectivity index (χ0v) is 17.4. The van der Waals surface area contributed by atoms with Gasteiger partial charge in [-0.3, -0.25) is 14.9 Å². The second-order valence-electron chi connectivity index (χ2n) is 7.55. The predicted octanol–water partition coefficient (Wildman–Crippen LogP) is 4.69. The minimum atomic E-state index is -1.06. The van der Waals surface area contributed by atoms with Crippen molar-refractivity contribution in [2.24, 2.45) is 0 Å². The number of ketones is 2. The Hall–Kier alpha value is -3.87. The highest BCUT2D eigenvalue weighted by Gasteiger charge is 2.35. The van der Waals surface area contributed by atoms with Gasteiger partial charge in [0.25, 0.3) is 0 Å². The molecule has 0 unspecified atom stereocenters. The first-order valence-corrected chi connectivity index (χ1v) is 9.70. The average Bonchev–Trinajstić information content (AvgIpc) is 2.71. The van der Waals surface area contributed by atoms with Crippen LogP contribution in [0.25, 0.3) is 0 Å². The molecule has 2 aromatic rings. The molecule has 31 heavy (non-hydrogen) atoms. The fourth-order valence-corrected chi connectivity index (χ4v) is 3.22. The van der Waals surface area contributed by atoms with Gasteiger partial charge in [-0.2, -0.15) is 0 Å². The molecule has 0 saturated carbocycles. The van der Waals surface area contributed by atoms with Crippen LogP contribution in [0.4, 0.5) is 10.5 Å². The number of Topliss-reactive ketones (excluding diaryl/α,β-unsaturated/α-hetero) is 1. The Balaban J connectivity index is 1.91. The Kier molecular flexibility index (Phi) is 6.25. The molecule has 7 nitrogen and oxygen atoms in total. The highest BCUT2D eigenvalue weighted by atomic mass is 16.6. The maximum atomic E-state index is 13.1. The highest BCUT2D eigenvalue weighted by molar-refractivity contribution is 6.27. The van der Waals surface area contributed by atoms with Gasteiger partial charge in [-0.25, -0.2) is 4.79 Å². The molecule has 160 valence electrons. The lowest BCUT2D eigenvalue weighted by atomic mass is 9.85. The summed E-state index contributed by atoms with van der Waals surface area (Å²) in [5.41, 5.74) is 1.84. The first kappa shape index (κ1) is 21.8. The Morgan fingerprint density at radius 3 is 2.26 bits per heavy atom. The van der Waals surface area contributed by atoms with Crippen LogP contribution in [0.1, 0.15) is 46.5 Å². The number of hydrogen-bond donors (Lipinski definition) is 3. The van der Waals surface area contributed by atoms with Crippen LogP contribution in [0.5, 0.6) is 11.5 Å².